The minimum Gasteiger partial charge on any atom is -0.444 e. The van der Waals surface area contributed by atoms with Crippen LogP contribution in [0.2, 0.25) is 0 Å². The minimum absolute atomic E-state index is 0.0780. The van der Waals surface area contributed by atoms with E-state index in [9.17, 15) is 19.2 Å². The molecular formula is C39H44N6O6. The molecule has 2 aromatic heterocycles. The van der Waals surface area contributed by atoms with Gasteiger partial charge in [0.15, 0.2) is 5.82 Å². The zero-order valence-electron chi connectivity index (χ0n) is 29.4. The Kier molecular flexibility index (Phi) is 10.5. The van der Waals surface area contributed by atoms with Crippen molar-refractivity contribution in [3.05, 3.63) is 88.5 Å². The predicted octanol–water partition coefficient (Wildman–Crippen LogP) is 6.97. The van der Waals surface area contributed by atoms with Gasteiger partial charge in [-0.05, 0) is 118 Å². The molecule has 1 atom stereocenters. The van der Waals surface area contributed by atoms with Crippen LogP contribution in [0.25, 0.3) is 33.4 Å². The van der Waals surface area contributed by atoms with E-state index in [1.165, 1.54) is 0 Å². The zero-order valence-corrected chi connectivity index (χ0v) is 29.4. The number of H-pyrrole nitrogens is 2. The lowest BCUT2D eigenvalue weighted by Gasteiger charge is -2.29. The number of ether oxygens (including phenoxy) is 1. The summed E-state index contributed by atoms with van der Waals surface area (Å²) >= 11 is 0. The summed E-state index contributed by atoms with van der Waals surface area (Å²) in [4.78, 5) is 53.8. The molecule has 2 heterocycles. The van der Waals surface area contributed by atoms with Gasteiger partial charge in [-0.15, -0.1) is 0 Å². The van der Waals surface area contributed by atoms with E-state index in [-0.39, 0.29) is 35.8 Å². The van der Waals surface area contributed by atoms with Gasteiger partial charge in [-0.25, -0.2) is 9.59 Å². The van der Waals surface area contributed by atoms with Gasteiger partial charge in [0.2, 0.25) is 5.91 Å². The maximum absolute atomic E-state index is 13.9. The number of hydrogen-bond donors (Lipinski definition) is 4. The highest BCUT2D eigenvalue weighted by molar-refractivity contribution is 5.97. The second-order valence-electron chi connectivity index (χ2n) is 14.5. The number of carbonyl (C=O) groups excluding carboxylic acids is 3. The van der Waals surface area contributed by atoms with Gasteiger partial charge in [-0.3, -0.25) is 24.2 Å². The Morgan fingerprint density at radius 1 is 1.00 bits per heavy atom. The van der Waals surface area contributed by atoms with Crippen LogP contribution in [0.3, 0.4) is 0 Å². The van der Waals surface area contributed by atoms with Crippen LogP contribution in [-0.2, 0) is 20.7 Å². The monoisotopic (exact) mass is 692 g/mol. The number of hydrogen-bond acceptors (Lipinski definition) is 8. The Morgan fingerprint density at radius 2 is 1.76 bits per heavy atom. The molecule has 1 saturated carbocycles. The zero-order chi connectivity index (χ0) is 36.1. The fourth-order valence-electron chi connectivity index (χ4n) is 6.86. The molecule has 4 N–H and O–H groups in total. The fourth-order valence-corrected chi connectivity index (χ4v) is 6.86. The van der Waals surface area contributed by atoms with E-state index < -0.39 is 23.4 Å². The molecule has 1 aliphatic carbocycles. The van der Waals surface area contributed by atoms with E-state index in [1.807, 2.05) is 45.2 Å². The summed E-state index contributed by atoms with van der Waals surface area (Å²) < 4.78 is 9.96. The maximum atomic E-state index is 13.9. The third-order valence-electron chi connectivity index (χ3n) is 9.45. The van der Waals surface area contributed by atoms with Crippen molar-refractivity contribution in [2.45, 2.75) is 71.8 Å². The topological polar surface area (TPSA) is 172 Å². The molecule has 6 rings (SSSR count). The number of aromatic nitrogens is 4. The maximum Gasteiger partial charge on any atom is 0.439 e. The summed E-state index contributed by atoms with van der Waals surface area (Å²) in [6.45, 7) is 8.06. The van der Waals surface area contributed by atoms with E-state index >= 15 is 0 Å². The molecule has 5 aromatic rings. The summed E-state index contributed by atoms with van der Waals surface area (Å²) in [5, 5.41) is 17.9. The van der Waals surface area contributed by atoms with Crippen molar-refractivity contribution in [1.82, 2.24) is 25.7 Å². The number of aromatic amines is 2. The second kappa shape index (κ2) is 15.2. The number of benzene rings is 3. The second-order valence-corrected chi connectivity index (χ2v) is 14.5. The number of anilines is 1. The van der Waals surface area contributed by atoms with E-state index in [2.05, 4.69) is 60.6 Å². The first-order chi connectivity index (χ1) is 24.4. The summed E-state index contributed by atoms with van der Waals surface area (Å²) in [5.74, 6) is -1.02. The Hall–Kier alpha value is -5.52. The number of nitrogens with zero attached hydrogens (tertiary/aromatic N) is 2. The van der Waals surface area contributed by atoms with E-state index in [1.54, 1.807) is 24.3 Å². The van der Waals surface area contributed by atoms with Gasteiger partial charge in [-0.2, -0.15) is 5.10 Å². The summed E-state index contributed by atoms with van der Waals surface area (Å²) in [6, 6.07) is 19.1. The first-order valence-corrected chi connectivity index (χ1v) is 17.4. The van der Waals surface area contributed by atoms with Crippen LogP contribution in [0.1, 0.15) is 64.0 Å². The number of Topliss-reactive ketones (excluding diaryl/α,β-unsaturated/α-hetero) is 1. The highest BCUT2D eigenvalue weighted by Crippen LogP contribution is 2.34. The first kappa shape index (κ1) is 35.3. The van der Waals surface area contributed by atoms with Crippen molar-refractivity contribution in [2.75, 3.05) is 11.9 Å². The molecule has 0 radical (unpaired) electrons. The minimum atomic E-state index is -0.651. The summed E-state index contributed by atoms with van der Waals surface area (Å²) in [6.07, 6.45) is 4.92. The van der Waals surface area contributed by atoms with E-state index in [0.29, 0.717) is 37.1 Å². The molecule has 0 bridgehead atoms. The molecule has 0 saturated heterocycles. The number of amides is 2. The van der Waals surface area contributed by atoms with Gasteiger partial charge in [0.05, 0.1) is 11.7 Å². The number of aryl methyl sites for hydroxylation is 1. The van der Waals surface area contributed by atoms with E-state index in [0.717, 1.165) is 46.0 Å². The van der Waals surface area contributed by atoms with Gasteiger partial charge >= 0.3 is 11.8 Å². The summed E-state index contributed by atoms with van der Waals surface area (Å²) in [5.41, 5.74) is 5.72. The molecule has 51 heavy (non-hydrogen) atoms. The fraction of sp³-hybridized carbons (Fsp3) is 0.385. The third kappa shape index (κ3) is 8.99. The lowest BCUT2D eigenvalue weighted by molar-refractivity contribution is -0.129. The van der Waals surface area contributed by atoms with Crippen molar-refractivity contribution in [3.8, 4) is 22.5 Å². The smallest absolute Gasteiger partial charge is 0.439 e. The standard InChI is InChI=1S/C39H44N6O6/c1-23-8-17-32-31(22-41-44-32)34(23)28-7-5-6-25(18-28)19-29(36(47)42-30-15-13-27(14-16-30)35-43-38(49)51-45-35)20-33(46)26-11-9-24(10-12-26)21-40-37(48)50-39(2,3)4/h5-8,13-18,22,24,26,29H,9-12,19-21H2,1-4H3,(H,40,48)(H,41,44)(H,42,47)(H,43,45,49)/t24?,26?,29-/m1/s1. The predicted molar refractivity (Wildman–Crippen MR) is 194 cm³/mol. The van der Waals surface area contributed by atoms with Gasteiger partial charge in [0.25, 0.3) is 0 Å². The molecule has 266 valence electrons. The molecule has 0 aliphatic heterocycles. The van der Waals surface area contributed by atoms with Crippen LogP contribution < -0.4 is 16.4 Å². The van der Waals surface area contributed by atoms with Crippen LogP contribution >= 0.6 is 0 Å². The molecule has 1 fully saturated rings. The third-order valence-corrected chi connectivity index (χ3v) is 9.45. The van der Waals surface area contributed by atoms with Gasteiger partial charge < -0.3 is 15.4 Å². The number of alkyl carbamates (subject to hydrolysis) is 1. The molecule has 12 heteroatoms. The Morgan fingerprint density at radius 3 is 2.47 bits per heavy atom. The number of nitrogens with one attached hydrogen (secondary N) is 4. The number of carbonyl (C=O) groups is 3. The van der Waals surface area contributed by atoms with Crippen LogP contribution in [0.15, 0.2) is 76.2 Å². The van der Waals surface area contributed by atoms with Crippen LogP contribution in [0.5, 0.6) is 0 Å². The highest BCUT2D eigenvalue weighted by atomic mass is 16.6. The average molecular weight is 693 g/mol. The number of fused-ring (bicyclic) bond motifs is 1. The quantitative estimate of drug-likeness (QED) is 0.115. The van der Waals surface area contributed by atoms with Crippen LogP contribution in [-0.4, -0.2) is 50.3 Å². The number of rotatable bonds is 11. The van der Waals surface area contributed by atoms with E-state index in [4.69, 9.17) is 4.74 Å². The molecule has 12 nitrogen and oxygen atoms in total. The van der Waals surface area contributed by atoms with Crippen LogP contribution in [0, 0.1) is 24.7 Å². The molecule has 0 unspecified atom stereocenters. The SMILES string of the molecule is Cc1ccc2[nH]ncc2c1-c1cccc(C[C@H](CC(=O)C2CCC(CNC(=O)OC(C)(C)C)CC2)C(=O)Nc2ccc(-c3noc(=O)[nH]3)cc2)c1. The van der Waals surface area contributed by atoms with Crippen molar-refractivity contribution in [2.24, 2.45) is 17.8 Å². The van der Waals surface area contributed by atoms with Crippen LogP contribution in [0.4, 0.5) is 10.5 Å². The van der Waals surface area contributed by atoms with Crippen molar-refractivity contribution in [3.63, 3.8) is 0 Å². The molecule has 1 aliphatic rings. The lowest BCUT2D eigenvalue weighted by Crippen LogP contribution is -2.37. The molecule has 2 amide bonds. The van der Waals surface area contributed by atoms with Crippen molar-refractivity contribution in [1.29, 1.82) is 0 Å². The van der Waals surface area contributed by atoms with Crippen molar-refractivity contribution < 1.29 is 23.6 Å². The Labute approximate surface area is 295 Å². The normalized spacial score (nSPS) is 16.8. The van der Waals surface area contributed by atoms with Gasteiger partial charge in [-0.1, -0.05) is 35.5 Å². The first-order valence-electron chi connectivity index (χ1n) is 17.4. The average Bonchev–Trinajstić information content (AvgIpc) is 3.76. The molecular weight excluding hydrogens is 648 g/mol. The van der Waals surface area contributed by atoms with Crippen molar-refractivity contribution >= 4 is 34.4 Å². The summed E-state index contributed by atoms with van der Waals surface area (Å²) in [7, 11) is 0. The Bertz CT molecular complexity index is 2060. The highest BCUT2D eigenvalue weighted by Gasteiger charge is 2.31. The largest absolute Gasteiger partial charge is 0.444 e. The molecule has 3 aromatic carbocycles. The lowest BCUT2D eigenvalue weighted by atomic mass is 9.77. The molecule has 0 spiro atoms. The number of ketones is 1. The van der Waals surface area contributed by atoms with Gasteiger partial charge in [0, 0.05) is 41.4 Å². The Balaban J connectivity index is 1.16. The van der Waals surface area contributed by atoms with Gasteiger partial charge in [0.1, 0.15) is 11.4 Å².